The predicted molar refractivity (Wildman–Crippen MR) is 129 cm³/mol. The molecular formula is C22H41IN4O2. The van der Waals surface area contributed by atoms with Gasteiger partial charge in [-0.05, 0) is 50.9 Å². The van der Waals surface area contributed by atoms with Gasteiger partial charge < -0.3 is 20.3 Å². The van der Waals surface area contributed by atoms with E-state index in [1.54, 1.807) is 7.11 Å². The van der Waals surface area contributed by atoms with E-state index in [0.717, 1.165) is 64.4 Å². The molecule has 2 N–H and O–H groups in total. The Morgan fingerprint density at radius 1 is 1.17 bits per heavy atom. The fraction of sp³-hybridized carbons (Fsp3) is 0.909. The molecule has 1 amide bonds. The van der Waals surface area contributed by atoms with E-state index in [0.29, 0.717) is 17.4 Å². The lowest BCUT2D eigenvalue weighted by Gasteiger charge is -2.41. The average molecular weight is 521 g/mol. The zero-order valence-corrected chi connectivity index (χ0v) is 20.7. The molecule has 0 aromatic heterocycles. The molecule has 1 saturated heterocycles. The maximum atomic E-state index is 12.8. The van der Waals surface area contributed by atoms with Crippen LogP contribution in [-0.2, 0) is 9.53 Å². The molecule has 7 heteroatoms. The van der Waals surface area contributed by atoms with Crippen molar-refractivity contribution in [2.75, 3.05) is 39.9 Å². The lowest BCUT2D eigenvalue weighted by molar-refractivity contribution is -0.135. The summed E-state index contributed by atoms with van der Waals surface area (Å²) in [4.78, 5) is 19.8. The van der Waals surface area contributed by atoms with Crippen LogP contribution in [0.2, 0.25) is 0 Å². The number of amides is 1. The molecule has 2 saturated carbocycles. The third-order valence-electron chi connectivity index (χ3n) is 6.96. The highest BCUT2D eigenvalue weighted by Gasteiger charge is 2.36. The SMILES string of the molecule is CCNC(=NCC1(CCOC)CCC1)NC1CCN(C(=O)C2CCCCC2)C1.I. The van der Waals surface area contributed by atoms with E-state index in [-0.39, 0.29) is 29.9 Å². The van der Waals surface area contributed by atoms with E-state index < -0.39 is 0 Å². The first kappa shape index (κ1) is 24.7. The number of hydrogen-bond donors (Lipinski definition) is 2. The van der Waals surface area contributed by atoms with Gasteiger partial charge >= 0.3 is 0 Å². The molecule has 1 atom stereocenters. The van der Waals surface area contributed by atoms with Gasteiger partial charge in [0.25, 0.3) is 0 Å². The number of nitrogens with one attached hydrogen (secondary N) is 2. The summed E-state index contributed by atoms with van der Waals surface area (Å²) in [6.07, 6.45) is 11.8. The van der Waals surface area contributed by atoms with Crippen molar-refractivity contribution < 1.29 is 9.53 Å². The zero-order valence-electron chi connectivity index (χ0n) is 18.4. The van der Waals surface area contributed by atoms with Crippen molar-refractivity contribution in [3.8, 4) is 0 Å². The van der Waals surface area contributed by atoms with Gasteiger partial charge in [0, 0.05) is 51.9 Å². The topological polar surface area (TPSA) is 66.0 Å². The van der Waals surface area contributed by atoms with Crippen LogP contribution in [0.25, 0.3) is 0 Å². The van der Waals surface area contributed by atoms with Crippen molar-refractivity contribution in [1.29, 1.82) is 0 Å². The molecule has 1 aliphatic heterocycles. The second kappa shape index (κ2) is 12.3. The second-order valence-electron chi connectivity index (χ2n) is 9.04. The maximum Gasteiger partial charge on any atom is 0.225 e. The lowest BCUT2D eigenvalue weighted by atomic mass is 9.67. The van der Waals surface area contributed by atoms with Crippen LogP contribution in [0, 0.1) is 11.3 Å². The minimum Gasteiger partial charge on any atom is -0.385 e. The van der Waals surface area contributed by atoms with Crippen LogP contribution in [0.4, 0.5) is 0 Å². The van der Waals surface area contributed by atoms with Gasteiger partial charge in [0.05, 0.1) is 0 Å². The summed E-state index contributed by atoms with van der Waals surface area (Å²) in [7, 11) is 1.78. The first-order valence-electron chi connectivity index (χ1n) is 11.5. The molecule has 6 nitrogen and oxygen atoms in total. The third-order valence-corrected chi connectivity index (χ3v) is 6.96. The third kappa shape index (κ3) is 6.97. The Labute approximate surface area is 194 Å². The number of halogens is 1. The molecule has 29 heavy (non-hydrogen) atoms. The monoisotopic (exact) mass is 520 g/mol. The number of guanidine groups is 1. The van der Waals surface area contributed by atoms with Crippen LogP contribution in [0.5, 0.6) is 0 Å². The molecular weight excluding hydrogens is 479 g/mol. The Balaban J connectivity index is 0.00000300. The number of rotatable bonds is 8. The quantitative estimate of drug-likeness (QED) is 0.292. The summed E-state index contributed by atoms with van der Waals surface area (Å²) < 4.78 is 5.30. The van der Waals surface area contributed by atoms with E-state index >= 15 is 0 Å². The smallest absolute Gasteiger partial charge is 0.225 e. The summed E-state index contributed by atoms with van der Waals surface area (Å²) in [6, 6.07) is 0.307. The number of methoxy groups -OCH3 is 1. The van der Waals surface area contributed by atoms with Crippen molar-refractivity contribution in [2.24, 2.45) is 16.3 Å². The fourth-order valence-electron chi connectivity index (χ4n) is 4.93. The molecule has 168 valence electrons. The first-order chi connectivity index (χ1) is 13.7. The van der Waals surface area contributed by atoms with Gasteiger partial charge in [-0.3, -0.25) is 9.79 Å². The van der Waals surface area contributed by atoms with Crippen molar-refractivity contribution in [3.05, 3.63) is 0 Å². The molecule has 1 unspecified atom stereocenters. The highest BCUT2D eigenvalue weighted by atomic mass is 127. The van der Waals surface area contributed by atoms with Crippen molar-refractivity contribution in [3.63, 3.8) is 0 Å². The number of carbonyl (C=O) groups excluding carboxylic acids is 1. The summed E-state index contributed by atoms with van der Waals surface area (Å²) in [5, 5.41) is 6.99. The van der Waals surface area contributed by atoms with Crippen LogP contribution in [0.3, 0.4) is 0 Å². The molecule has 0 aromatic carbocycles. The Hall–Kier alpha value is -0.570. The van der Waals surface area contributed by atoms with Crippen molar-refractivity contribution in [1.82, 2.24) is 15.5 Å². The van der Waals surface area contributed by atoms with E-state index in [1.807, 2.05) is 0 Å². The molecule has 0 radical (unpaired) electrons. The summed E-state index contributed by atoms with van der Waals surface area (Å²) in [5.74, 6) is 1.57. The van der Waals surface area contributed by atoms with E-state index in [1.165, 1.54) is 38.5 Å². The number of carbonyl (C=O) groups is 1. The second-order valence-corrected chi connectivity index (χ2v) is 9.04. The standard InChI is InChI=1S/C22H40N4O2.HI/c1-3-23-21(24-17-22(11-7-12-22)13-15-28-2)25-19-10-14-26(16-19)20(27)18-8-5-4-6-9-18;/h18-19H,3-17H2,1-2H3,(H2,23,24,25);1H. The molecule has 0 spiro atoms. The normalized spacial score (nSPS) is 24.6. The molecule has 3 aliphatic rings. The summed E-state index contributed by atoms with van der Waals surface area (Å²) in [5.41, 5.74) is 0.330. The van der Waals surface area contributed by atoms with E-state index in [9.17, 15) is 4.79 Å². The summed E-state index contributed by atoms with van der Waals surface area (Å²) >= 11 is 0. The molecule has 2 aliphatic carbocycles. The van der Waals surface area contributed by atoms with Gasteiger partial charge in [0.2, 0.25) is 5.91 Å². The van der Waals surface area contributed by atoms with Gasteiger partial charge in [-0.15, -0.1) is 24.0 Å². The molecule has 3 fully saturated rings. The maximum absolute atomic E-state index is 12.8. The number of nitrogens with zero attached hydrogens (tertiary/aromatic N) is 2. The van der Waals surface area contributed by atoms with Crippen molar-refractivity contribution >= 4 is 35.8 Å². The van der Waals surface area contributed by atoms with Gasteiger partial charge in [-0.25, -0.2) is 0 Å². The van der Waals surface area contributed by atoms with Gasteiger partial charge in [-0.1, -0.05) is 25.7 Å². The number of ether oxygens (including phenoxy) is 1. The van der Waals surface area contributed by atoms with E-state index in [2.05, 4.69) is 22.5 Å². The Kier molecular flexibility index (Phi) is 10.5. The number of aliphatic imine (C=N–C) groups is 1. The zero-order chi connectivity index (χ0) is 19.8. The molecule has 0 bridgehead atoms. The van der Waals surface area contributed by atoms with Gasteiger partial charge in [0.15, 0.2) is 5.96 Å². The average Bonchev–Trinajstić information content (AvgIpc) is 3.15. The Morgan fingerprint density at radius 2 is 1.93 bits per heavy atom. The fourth-order valence-corrected chi connectivity index (χ4v) is 4.93. The number of likely N-dealkylation sites (tertiary alicyclic amines) is 1. The molecule has 0 aromatic rings. The summed E-state index contributed by atoms with van der Waals surface area (Å²) in [6.45, 7) is 6.34. The van der Waals surface area contributed by atoms with Gasteiger partial charge in [0.1, 0.15) is 0 Å². The molecule has 1 heterocycles. The van der Waals surface area contributed by atoms with E-state index in [4.69, 9.17) is 9.73 Å². The van der Waals surface area contributed by atoms with Crippen LogP contribution in [0.15, 0.2) is 4.99 Å². The van der Waals surface area contributed by atoms with Crippen LogP contribution >= 0.6 is 24.0 Å². The minimum atomic E-state index is 0. The predicted octanol–water partition coefficient (Wildman–Crippen LogP) is 3.55. The largest absolute Gasteiger partial charge is 0.385 e. The first-order valence-corrected chi connectivity index (χ1v) is 11.5. The Morgan fingerprint density at radius 3 is 2.55 bits per heavy atom. The van der Waals surface area contributed by atoms with Crippen LogP contribution < -0.4 is 10.6 Å². The highest BCUT2D eigenvalue weighted by molar-refractivity contribution is 14.0. The number of hydrogen-bond acceptors (Lipinski definition) is 3. The minimum absolute atomic E-state index is 0. The van der Waals surface area contributed by atoms with Crippen molar-refractivity contribution in [2.45, 2.75) is 77.2 Å². The van der Waals surface area contributed by atoms with Crippen LogP contribution in [-0.4, -0.2) is 62.7 Å². The lowest BCUT2D eigenvalue weighted by Crippen LogP contribution is -2.46. The highest BCUT2D eigenvalue weighted by Crippen LogP contribution is 2.44. The van der Waals surface area contributed by atoms with Gasteiger partial charge in [-0.2, -0.15) is 0 Å². The Bertz CT molecular complexity index is 533. The van der Waals surface area contributed by atoms with Crippen LogP contribution in [0.1, 0.15) is 71.1 Å². The molecule has 3 rings (SSSR count).